The molecular weight excluding hydrogens is 319 g/mol. The summed E-state index contributed by atoms with van der Waals surface area (Å²) in [5, 5.41) is 0.284. The zero-order chi connectivity index (χ0) is 17.0. The van der Waals surface area contributed by atoms with Crippen molar-refractivity contribution >= 4 is 12.9 Å². The van der Waals surface area contributed by atoms with Crippen LogP contribution in [0.25, 0.3) is 0 Å². The molecule has 0 aliphatic heterocycles. The first-order valence-electron chi connectivity index (χ1n) is 7.80. The molecule has 122 valence electrons. The Kier molecular flexibility index (Phi) is 4.84. The van der Waals surface area contributed by atoms with E-state index in [2.05, 4.69) is 6.92 Å². The van der Waals surface area contributed by atoms with Gasteiger partial charge in [0.05, 0.1) is 5.30 Å². The van der Waals surface area contributed by atoms with E-state index >= 15 is 0 Å². The van der Waals surface area contributed by atoms with Crippen molar-refractivity contribution in [2.75, 3.05) is 0 Å². The number of hydrogen-bond acceptors (Lipinski definition) is 2. The van der Waals surface area contributed by atoms with Crippen molar-refractivity contribution < 1.29 is 14.0 Å². The average Bonchev–Trinajstić information content (AvgIpc) is 2.63. The van der Waals surface area contributed by atoms with Crippen LogP contribution in [0.4, 0.5) is 0 Å². The Morgan fingerprint density at radius 1 is 0.833 bits per heavy atom. The Bertz CT molecular complexity index is 847. The van der Waals surface area contributed by atoms with E-state index in [0.29, 0.717) is 5.75 Å². The molecule has 0 aliphatic rings. The zero-order valence-corrected chi connectivity index (χ0v) is 14.3. The number of benzene rings is 3. The Morgan fingerprint density at radius 2 is 1.38 bits per heavy atom. The molecule has 2 unspecified atom stereocenters. The topological polar surface area (TPSA) is 46.5 Å². The highest BCUT2D eigenvalue weighted by atomic mass is 31.2. The quantitative estimate of drug-likeness (QED) is 0.684. The lowest BCUT2D eigenvalue weighted by Crippen LogP contribution is -2.10. The monoisotopic (exact) mass is 338 g/mol. The third-order valence-corrected chi connectivity index (χ3v) is 5.38. The van der Waals surface area contributed by atoms with Gasteiger partial charge in [-0.3, -0.25) is 0 Å². The molecule has 0 bridgehead atoms. The second kappa shape index (κ2) is 7.04. The van der Waals surface area contributed by atoms with Crippen LogP contribution in [0, 0.1) is 0 Å². The van der Waals surface area contributed by atoms with Crippen LogP contribution in [0.5, 0.6) is 5.75 Å². The van der Waals surface area contributed by atoms with Gasteiger partial charge in [0, 0.05) is 11.5 Å². The van der Waals surface area contributed by atoms with E-state index in [1.54, 1.807) is 36.4 Å². The standard InChI is InChI=1S/C20H19O3P/c1-16(17-10-4-2-5-11-17)19-14-8-9-15-20(19)23-24(21,22)18-12-6-3-7-13-18/h2-16H,1H3,(H,21,22). The molecule has 2 atom stereocenters. The summed E-state index contributed by atoms with van der Waals surface area (Å²) in [7, 11) is -3.92. The van der Waals surface area contributed by atoms with Crippen molar-refractivity contribution in [1.29, 1.82) is 0 Å². The van der Waals surface area contributed by atoms with E-state index in [1.807, 2.05) is 48.5 Å². The molecule has 3 nitrogen and oxygen atoms in total. The van der Waals surface area contributed by atoms with Crippen molar-refractivity contribution in [3.05, 3.63) is 96.1 Å². The maximum Gasteiger partial charge on any atom is 0.408 e. The van der Waals surface area contributed by atoms with Gasteiger partial charge in [0.25, 0.3) is 0 Å². The van der Waals surface area contributed by atoms with Gasteiger partial charge in [0.2, 0.25) is 0 Å². The Morgan fingerprint density at radius 3 is 2.04 bits per heavy atom. The van der Waals surface area contributed by atoms with Crippen LogP contribution in [0.15, 0.2) is 84.9 Å². The summed E-state index contributed by atoms with van der Waals surface area (Å²) in [5.41, 5.74) is 2.01. The summed E-state index contributed by atoms with van der Waals surface area (Å²) in [4.78, 5) is 10.3. The Balaban J connectivity index is 1.94. The Hall–Kier alpha value is -2.35. The fourth-order valence-electron chi connectivity index (χ4n) is 2.65. The molecular formula is C20H19O3P. The Labute approximate surface area is 142 Å². The fraction of sp³-hybridized carbons (Fsp3) is 0.100. The first kappa shape index (κ1) is 16.5. The van der Waals surface area contributed by atoms with Gasteiger partial charge < -0.3 is 9.42 Å². The third-order valence-electron chi connectivity index (χ3n) is 3.99. The highest BCUT2D eigenvalue weighted by molar-refractivity contribution is 7.61. The highest BCUT2D eigenvalue weighted by Crippen LogP contribution is 2.44. The van der Waals surface area contributed by atoms with Gasteiger partial charge in [0.15, 0.2) is 0 Å². The lowest BCUT2D eigenvalue weighted by atomic mass is 9.93. The molecule has 0 saturated heterocycles. The molecule has 3 rings (SSSR count). The van der Waals surface area contributed by atoms with Crippen molar-refractivity contribution in [3.8, 4) is 5.75 Å². The lowest BCUT2D eigenvalue weighted by molar-refractivity contribution is 0.391. The smallest absolute Gasteiger partial charge is 0.408 e. The SMILES string of the molecule is CC(c1ccccc1)c1ccccc1OP(=O)(O)c1ccccc1. The molecule has 4 heteroatoms. The van der Waals surface area contributed by atoms with Crippen molar-refractivity contribution in [2.24, 2.45) is 0 Å². The van der Waals surface area contributed by atoms with Crippen molar-refractivity contribution in [2.45, 2.75) is 12.8 Å². The van der Waals surface area contributed by atoms with Crippen molar-refractivity contribution in [1.82, 2.24) is 0 Å². The second-order valence-corrected chi connectivity index (χ2v) is 7.36. The van der Waals surface area contributed by atoms with E-state index < -0.39 is 7.60 Å². The predicted molar refractivity (Wildman–Crippen MR) is 96.9 cm³/mol. The van der Waals surface area contributed by atoms with E-state index in [4.69, 9.17) is 4.52 Å². The molecule has 0 saturated carbocycles. The van der Waals surface area contributed by atoms with Crippen LogP contribution in [0.1, 0.15) is 24.0 Å². The van der Waals surface area contributed by atoms with E-state index in [1.165, 1.54) is 0 Å². The first-order valence-corrected chi connectivity index (χ1v) is 9.37. The maximum atomic E-state index is 12.6. The summed E-state index contributed by atoms with van der Waals surface area (Å²) >= 11 is 0. The van der Waals surface area contributed by atoms with E-state index in [-0.39, 0.29) is 11.2 Å². The molecule has 24 heavy (non-hydrogen) atoms. The van der Waals surface area contributed by atoms with Gasteiger partial charge in [-0.25, -0.2) is 4.57 Å². The molecule has 0 fully saturated rings. The van der Waals surface area contributed by atoms with Gasteiger partial charge in [-0.15, -0.1) is 0 Å². The molecule has 0 aromatic heterocycles. The van der Waals surface area contributed by atoms with Crippen LogP contribution in [0.3, 0.4) is 0 Å². The summed E-state index contributed by atoms with van der Waals surface area (Å²) in [6, 6.07) is 25.8. The number of para-hydroxylation sites is 1. The minimum atomic E-state index is -3.92. The maximum absolute atomic E-state index is 12.6. The minimum absolute atomic E-state index is 0.0539. The molecule has 3 aromatic rings. The largest absolute Gasteiger partial charge is 0.421 e. The number of rotatable bonds is 5. The number of hydrogen-bond donors (Lipinski definition) is 1. The normalized spacial score (nSPS) is 14.6. The van der Waals surface area contributed by atoms with Gasteiger partial charge in [-0.2, -0.15) is 0 Å². The predicted octanol–water partition coefficient (Wildman–Crippen LogP) is 4.73. The molecule has 3 aromatic carbocycles. The van der Waals surface area contributed by atoms with Gasteiger partial charge in [0.1, 0.15) is 5.75 Å². The highest BCUT2D eigenvalue weighted by Gasteiger charge is 2.26. The summed E-state index contributed by atoms with van der Waals surface area (Å²) < 4.78 is 18.2. The average molecular weight is 338 g/mol. The fourth-order valence-corrected chi connectivity index (χ4v) is 3.73. The first-order chi connectivity index (χ1) is 11.6. The summed E-state index contributed by atoms with van der Waals surface area (Å²) in [6.07, 6.45) is 0. The zero-order valence-electron chi connectivity index (χ0n) is 13.4. The van der Waals surface area contributed by atoms with Crippen molar-refractivity contribution in [3.63, 3.8) is 0 Å². The lowest BCUT2D eigenvalue weighted by Gasteiger charge is -2.20. The van der Waals surface area contributed by atoms with Crippen LogP contribution in [-0.2, 0) is 4.57 Å². The molecule has 0 spiro atoms. The van der Waals surface area contributed by atoms with Gasteiger partial charge >= 0.3 is 7.60 Å². The third kappa shape index (κ3) is 3.59. The van der Waals surface area contributed by atoms with E-state index in [0.717, 1.165) is 11.1 Å². The van der Waals surface area contributed by atoms with Gasteiger partial charge in [-0.05, 0) is 23.8 Å². The molecule has 1 N–H and O–H groups in total. The van der Waals surface area contributed by atoms with E-state index in [9.17, 15) is 9.46 Å². The molecule has 0 amide bonds. The molecule has 0 aliphatic carbocycles. The summed E-state index contributed by atoms with van der Waals surface area (Å²) in [6.45, 7) is 2.06. The van der Waals surface area contributed by atoms with Crippen LogP contribution >= 0.6 is 7.60 Å². The molecule has 0 radical (unpaired) electrons. The van der Waals surface area contributed by atoms with Crippen LogP contribution < -0.4 is 9.83 Å². The molecule has 0 heterocycles. The minimum Gasteiger partial charge on any atom is -0.421 e. The second-order valence-electron chi connectivity index (χ2n) is 5.62. The van der Waals surface area contributed by atoms with Crippen LogP contribution in [-0.4, -0.2) is 4.89 Å². The summed E-state index contributed by atoms with van der Waals surface area (Å²) in [5.74, 6) is 0.488. The van der Waals surface area contributed by atoms with Gasteiger partial charge in [-0.1, -0.05) is 73.7 Å². The van der Waals surface area contributed by atoms with Crippen LogP contribution in [0.2, 0.25) is 0 Å².